The second-order valence-corrected chi connectivity index (χ2v) is 3.29. The average molecular weight is 147 g/mol. The van der Waals surface area contributed by atoms with Gasteiger partial charge in [0, 0.05) is 6.42 Å². The molecule has 0 heteroatoms. The van der Waals surface area contributed by atoms with Crippen molar-refractivity contribution in [1.82, 2.24) is 0 Å². The topological polar surface area (TPSA) is 0 Å². The van der Waals surface area contributed by atoms with Gasteiger partial charge in [0.1, 0.15) is 0 Å². The SMILES string of the molecule is CC1=CC(C)=CC(C)=C(C)[CH]1. The second-order valence-electron chi connectivity index (χ2n) is 3.29. The van der Waals surface area contributed by atoms with Crippen molar-refractivity contribution in [2.45, 2.75) is 27.7 Å². The first-order valence-corrected chi connectivity index (χ1v) is 3.98. The van der Waals surface area contributed by atoms with Crippen LogP contribution in [0.1, 0.15) is 27.7 Å². The molecule has 0 aromatic carbocycles. The lowest BCUT2D eigenvalue weighted by atomic mass is 10.1. The third-order valence-electron chi connectivity index (χ3n) is 1.97. The van der Waals surface area contributed by atoms with Gasteiger partial charge >= 0.3 is 0 Å². The molecule has 1 rings (SSSR count). The van der Waals surface area contributed by atoms with E-state index in [0.29, 0.717) is 0 Å². The first kappa shape index (κ1) is 8.32. The summed E-state index contributed by atoms with van der Waals surface area (Å²) < 4.78 is 0. The highest BCUT2D eigenvalue weighted by Crippen LogP contribution is 2.20. The van der Waals surface area contributed by atoms with Crippen molar-refractivity contribution in [1.29, 1.82) is 0 Å². The molecule has 0 spiro atoms. The van der Waals surface area contributed by atoms with Gasteiger partial charge < -0.3 is 0 Å². The molecular weight excluding hydrogens is 132 g/mol. The Morgan fingerprint density at radius 1 is 0.727 bits per heavy atom. The molecule has 0 nitrogen and oxygen atoms in total. The fourth-order valence-electron chi connectivity index (χ4n) is 1.35. The Kier molecular flexibility index (Phi) is 2.33. The van der Waals surface area contributed by atoms with Crippen molar-refractivity contribution in [2.75, 3.05) is 0 Å². The number of rotatable bonds is 0. The maximum absolute atomic E-state index is 2.22. The van der Waals surface area contributed by atoms with Crippen LogP contribution in [0.4, 0.5) is 0 Å². The van der Waals surface area contributed by atoms with E-state index >= 15 is 0 Å². The lowest BCUT2D eigenvalue weighted by Gasteiger charge is -1.99. The molecule has 0 saturated carbocycles. The fraction of sp³-hybridized carbons (Fsp3) is 0.364. The molecule has 0 N–H and O–H groups in total. The molecule has 0 saturated heterocycles. The van der Waals surface area contributed by atoms with E-state index in [1.54, 1.807) is 0 Å². The molecule has 0 atom stereocenters. The van der Waals surface area contributed by atoms with Gasteiger partial charge in [0.2, 0.25) is 0 Å². The zero-order valence-electron chi connectivity index (χ0n) is 7.73. The maximum Gasteiger partial charge on any atom is 0.0113 e. The van der Waals surface area contributed by atoms with E-state index in [1.807, 2.05) is 0 Å². The van der Waals surface area contributed by atoms with Gasteiger partial charge in [0.25, 0.3) is 0 Å². The highest BCUT2D eigenvalue weighted by molar-refractivity contribution is 5.43. The van der Waals surface area contributed by atoms with Gasteiger partial charge in [-0.3, -0.25) is 0 Å². The molecule has 0 bridgehead atoms. The largest absolute Gasteiger partial charge is 0.0650 e. The molecule has 0 heterocycles. The van der Waals surface area contributed by atoms with Crippen molar-refractivity contribution >= 4 is 0 Å². The minimum absolute atomic E-state index is 1.34. The number of hydrogen-bond acceptors (Lipinski definition) is 0. The van der Waals surface area contributed by atoms with Crippen LogP contribution in [-0.4, -0.2) is 0 Å². The van der Waals surface area contributed by atoms with Crippen LogP contribution in [0.2, 0.25) is 0 Å². The van der Waals surface area contributed by atoms with Gasteiger partial charge in [-0.2, -0.15) is 0 Å². The lowest BCUT2D eigenvalue weighted by Crippen LogP contribution is -1.81. The van der Waals surface area contributed by atoms with Crippen LogP contribution in [0.15, 0.2) is 34.4 Å². The Bertz CT molecular complexity index is 249. The van der Waals surface area contributed by atoms with Crippen LogP contribution >= 0.6 is 0 Å². The smallest absolute Gasteiger partial charge is 0.0113 e. The molecule has 0 aliphatic heterocycles. The number of allylic oxidation sites excluding steroid dienone is 6. The number of hydrogen-bond donors (Lipinski definition) is 0. The summed E-state index contributed by atoms with van der Waals surface area (Å²) >= 11 is 0. The first-order valence-electron chi connectivity index (χ1n) is 3.98. The Balaban J connectivity index is 3.04. The zero-order chi connectivity index (χ0) is 8.43. The molecule has 0 unspecified atom stereocenters. The van der Waals surface area contributed by atoms with Crippen LogP contribution in [-0.2, 0) is 0 Å². The molecule has 0 aromatic rings. The highest BCUT2D eigenvalue weighted by Gasteiger charge is 2.01. The van der Waals surface area contributed by atoms with Crippen molar-refractivity contribution in [3.05, 3.63) is 40.9 Å². The summed E-state index contributed by atoms with van der Waals surface area (Å²) in [5.74, 6) is 0. The third-order valence-corrected chi connectivity index (χ3v) is 1.97. The summed E-state index contributed by atoms with van der Waals surface area (Å²) in [6.07, 6.45) is 6.66. The Labute approximate surface area is 69.3 Å². The summed E-state index contributed by atoms with van der Waals surface area (Å²) in [6.45, 7) is 8.59. The fourth-order valence-corrected chi connectivity index (χ4v) is 1.35. The summed E-state index contributed by atoms with van der Waals surface area (Å²) in [5, 5.41) is 0. The molecule has 11 heavy (non-hydrogen) atoms. The quantitative estimate of drug-likeness (QED) is 0.492. The lowest BCUT2D eigenvalue weighted by molar-refractivity contribution is 1.28. The second kappa shape index (κ2) is 3.08. The molecule has 0 amide bonds. The Hall–Kier alpha value is -0.780. The molecule has 0 fully saturated rings. The summed E-state index contributed by atoms with van der Waals surface area (Å²) in [4.78, 5) is 0. The zero-order valence-corrected chi connectivity index (χ0v) is 7.73. The van der Waals surface area contributed by atoms with E-state index < -0.39 is 0 Å². The predicted molar refractivity (Wildman–Crippen MR) is 50.2 cm³/mol. The van der Waals surface area contributed by atoms with Gasteiger partial charge in [-0.05, 0) is 27.7 Å². The minimum Gasteiger partial charge on any atom is -0.0650 e. The average Bonchev–Trinajstić information content (AvgIpc) is 1.93. The molecule has 1 aliphatic rings. The first-order chi connectivity index (χ1) is 5.09. The van der Waals surface area contributed by atoms with Crippen molar-refractivity contribution in [2.24, 2.45) is 0 Å². The van der Waals surface area contributed by atoms with Crippen molar-refractivity contribution in [3.8, 4) is 0 Å². The standard InChI is InChI=1S/C11H15/c1-8-5-9(2)7-11(4)10(3)6-8/h5-7H,1-4H3. The Morgan fingerprint density at radius 2 is 1.36 bits per heavy atom. The van der Waals surface area contributed by atoms with Crippen LogP contribution in [0.25, 0.3) is 0 Å². The van der Waals surface area contributed by atoms with Gasteiger partial charge in [0.05, 0.1) is 0 Å². The normalized spacial score (nSPS) is 19.3. The van der Waals surface area contributed by atoms with Gasteiger partial charge in [-0.15, -0.1) is 0 Å². The van der Waals surface area contributed by atoms with Crippen molar-refractivity contribution < 1.29 is 0 Å². The van der Waals surface area contributed by atoms with Gasteiger partial charge in [-0.1, -0.05) is 34.4 Å². The van der Waals surface area contributed by atoms with Gasteiger partial charge in [0.15, 0.2) is 0 Å². The van der Waals surface area contributed by atoms with Gasteiger partial charge in [-0.25, -0.2) is 0 Å². The monoisotopic (exact) mass is 147 g/mol. The van der Waals surface area contributed by atoms with E-state index in [9.17, 15) is 0 Å². The van der Waals surface area contributed by atoms with Crippen LogP contribution in [0, 0.1) is 6.42 Å². The van der Waals surface area contributed by atoms with Crippen LogP contribution in [0.3, 0.4) is 0 Å². The molecular formula is C11H15. The van der Waals surface area contributed by atoms with E-state index in [0.717, 1.165) is 0 Å². The summed E-state index contributed by atoms with van der Waals surface area (Å²) in [7, 11) is 0. The highest BCUT2D eigenvalue weighted by atomic mass is 14.1. The van der Waals surface area contributed by atoms with Crippen molar-refractivity contribution in [3.63, 3.8) is 0 Å². The van der Waals surface area contributed by atoms with E-state index in [1.165, 1.54) is 22.3 Å². The summed E-state index contributed by atoms with van der Waals surface area (Å²) in [5.41, 5.74) is 5.42. The van der Waals surface area contributed by atoms with E-state index in [4.69, 9.17) is 0 Å². The Morgan fingerprint density at radius 3 is 2.00 bits per heavy atom. The molecule has 59 valence electrons. The molecule has 0 aromatic heterocycles. The van der Waals surface area contributed by atoms with E-state index in [-0.39, 0.29) is 0 Å². The van der Waals surface area contributed by atoms with Crippen LogP contribution in [0.5, 0.6) is 0 Å². The maximum atomic E-state index is 2.22. The predicted octanol–water partition coefficient (Wildman–Crippen LogP) is 3.43. The van der Waals surface area contributed by atoms with E-state index in [2.05, 4.69) is 46.3 Å². The molecule has 1 aliphatic carbocycles. The van der Waals surface area contributed by atoms with Crippen LogP contribution < -0.4 is 0 Å². The summed E-state index contributed by atoms with van der Waals surface area (Å²) in [6, 6.07) is 0. The third kappa shape index (κ3) is 2.07. The minimum atomic E-state index is 1.34. The molecule has 1 radical (unpaired) electrons.